The van der Waals surface area contributed by atoms with Crippen molar-refractivity contribution in [1.82, 2.24) is 0 Å². The van der Waals surface area contributed by atoms with Crippen LogP contribution in [0, 0.1) is 11.8 Å². The number of aliphatic hydroxyl groups excluding tert-OH is 1. The van der Waals surface area contributed by atoms with E-state index < -0.39 is 0 Å². The molecule has 4 atom stereocenters. The molecule has 0 saturated heterocycles. The van der Waals surface area contributed by atoms with Gasteiger partial charge in [-0.05, 0) is 31.1 Å². The first-order chi connectivity index (χ1) is 5.79. The fraction of sp³-hybridized carbons (Fsp3) is 1.00. The smallest absolute Gasteiger partial charge is 0.0547 e. The maximum atomic E-state index is 8.94. The minimum atomic E-state index is 0.346. The molecule has 2 saturated carbocycles. The first kappa shape index (κ1) is 8.89. The predicted octanol–water partition coefficient (Wildman–Crippen LogP) is 2.29. The molecule has 2 heteroatoms. The average Bonchev–Trinajstić information content (AvgIpc) is 2.64. The molecule has 12 heavy (non-hydrogen) atoms. The van der Waals surface area contributed by atoms with Crippen LogP contribution in [0.25, 0.3) is 0 Å². The molecule has 1 N–H and O–H groups in total. The molecule has 1 nitrogen and oxygen atoms in total. The fourth-order valence-electron chi connectivity index (χ4n) is 2.69. The van der Waals surface area contributed by atoms with E-state index in [4.69, 9.17) is 5.11 Å². The standard InChI is InChI=1S/C10H18OS/c1-7(6-11)12-10-5-8-2-3-9(10)4-8/h7-11H,2-6H2,1H3. The molecule has 2 fully saturated rings. The molecule has 0 radical (unpaired) electrons. The number of fused-ring (bicyclic) bond motifs is 2. The van der Waals surface area contributed by atoms with E-state index >= 15 is 0 Å². The quantitative estimate of drug-likeness (QED) is 0.730. The van der Waals surface area contributed by atoms with Crippen LogP contribution < -0.4 is 0 Å². The van der Waals surface area contributed by atoms with Gasteiger partial charge < -0.3 is 5.11 Å². The van der Waals surface area contributed by atoms with Crippen molar-refractivity contribution in [2.45, 2.75) is 43.1 Å². The second kappa shape index (κ2) is 3.59. The molecular formula is C10H18OS. The summed E-state index contributed by atoms with van der Waals surface area (Å²) in [6.07, 6.45) is 5.85. The van der Waals surface area contributed by atoms with Crippen LogP contribution in [0.3, 0.4) is 0 Å². The maximum Gasteiger partial charge on any atom is 0.0547 e. The van der Waals surface area contributed by atoms with E-state index in [0.29, 0.717) is 11.9 Å². The Bertz CT molecular complexity index is 160. The monoisotopic (exact) mass is 186 g/mol. The van der Waals surface area contributed by atoms with Gasteiger partial charge in [-0.25, -0.2) is 0 Å². The third-order valence-corrected chi connectivity index (χ3v) is 4.88. The third-order valence-electron chi connectivity index (χ3n) is 3.34. The molecule has 0 aromatic carbocycles. The Labute approximate surface area is 78.9 Å². The minimum Gasteiger partial charge on any atom is -0.395 e. The van der Waals surface area contributed by atoms with Gasteiger partial charge in [-0.1, -0.05) is 13.3 Å². The van der Waals surface area contributed by atoms with Crippen molar-refractivity contribution in [2.24, 2.45) is 11.8 Å². The summed E-state index contributed by atoms with van der Waals surface area (Å²) in [6, 6.07) is 0. The SMILES string of the molecule is CC(CO)SC1CC2CCC1C2. The van der Waals surface area contributed by atoms with Crippen LogP contribution in [0.4, 0.5) is 0 Å². The average molecular weight is 186 g/mol. The summed E-state index contributed by atoms with van der Waals surface area (Å²) >= 11 is 2.02. The highest BCUT2D eigenvalue weighted by Crippen LogP contribution is 2.50. The van der Waals surface area contributed by atoms with Gasteiger partial charge in [-0.2, -0.15) is 11.8 Å². The van der Waals surface area contributed by atoms with E-state index in [1.54, 1.807) is 0 Å². The fourth-order valence-corrected chi connectivity index (χ4v) is 4.23. The van der Waals surface area contributed by atoms with E-state index in [0.717, 1.165) is 17.1 Å². The summed E-state index contributed by atoms with van der Waals surface area (Å²) in [4.78, 5) is 0. The van der Waals surface area contributed by atoms with Crippen molar-refractivity contribution < 1.29 is 5.11 Å². The molecular weight excluding hydrogens is 168 g/mol. The summed E-state index contributed by atoms with van der Waals surface area (Å²) < 4.78 is 0. The normalized spacial score (nSPS) is 42.0. The largest absolute Gasteiger partial charge is 0.395 e. The predicted molar refractivity (Wildman–Crippen MR) is 53.4 cm³/mol. The second-order valence-corrected chi connectivity index (χ2v) is 6.02. The Morgan fingerprint density at radius 3 is 2.75 bits per heavy atom. The topological polar surface area (TPSA) is 20.2 Å². The van der Waals surface area contributed by atoms with Gasteiger partial charge in [0, 0.05) is 10.5 Å². The van der Waals surface area contributed by atoms with Gasteiger partial charge in [-0.15, -0.1) is 0 Å². The van der Waals surface area contributed by atoms with Crippen molar-refractivity contribution in [3.8, 4) is 0 Å². The van der Waals surface area contributed by atoms with Crippen molar-refractivity contribution in [1.29, 1.82) is 0 Å². The molecule has 2 bridgehead atoms. The molecule has 0 aromatic rings. The summed E-state index contributed by atoms with van der Waals surface area (Å²) in [5.74, 6) is 2.03. The minimum absolute atomic E-state index is 0.346. The molecule has 70 valence electrons. The van der Waals surface area contributed by atoms with E-state index in [-0.39, 0.29) is 0 Å². The molecule has 2 rings (SSSR count). The molecule has 4 unspecified atom stereocenters. The second-order valence-electron chi connectivity index (χ2n) is 4.34. The first-order valence-corrected chi connectivity index (χ1v) is 6.00. The van der Waals surface area contributed by atoms with Crippen molar-refractivity contribution >= 4 is 11.8 Å². The zero-order valence-corrected chi connectivity index (χ0v) is 8.52. The summed E-state index contributed by atoms with van der Waals surface area (Å²) in [5, 5.41) is 10.3. The number of hydrogen-bond acceptors (Lipinski definition) is 2. The molecule has 0 heterocycles. The highest BCUT2D eigenvalue weighted by atomic mass is 32.2. The molecule has 0 aliphatic heterocycles. The van der Waals surface area contributed by atoms with Crippen LogP contribution in [0.5, 0.6) is 0 Å². The van der Waals surface area contributed by atoms with Crippen molar-refractivity contribution in [3.05, 3.63) is 0 Å². The Balaban J connectivity index is 1.82. The van der Waals surface area contributed by atoms with Crippen molar-refractivity contribution in [3.63, 3.8) is 0 Å². The number of thioether (sulfide) groups is 1. The van der Waals surface area contributed by atoms with E-state index in [1.807, 2.05) is 11.8 Å². The highest BCUT2D eigenvalue weighted by Gasteiger charge is 2.40. The van der Waals surface area contributed by atoms with Gasteiger partial charge in [0.15, 0.2) is 0 Å². The Morgan fingerprint density at radius 2 is 2.25 bits per heavy atom. The summed E-state index contributed by atoms with van der Waals surface area (Å²) in [6.45, 7) is 2.48. The van der Waals surface area contributed by atoms with Crippen LogP contribution >= 0.6 is 11.8 Å². The Morgan fingerprint density at radius 1 is 1.42 bits per heavy atom. The number of hydrogen-bond donors (Lipinski definition) is 1. The number of rotatable bonds is 3. The lowest BCUT2D eigenvalue weighted by Gasteiger charge is -2.23. The highest BCUT2D eigenvalue weighted by molar-refractivity contribution is 8.00. The third kappa shape index (κ3) is 1.64. The van der Waals surface area contributed by atoms with Crippen LogP contribution in [-0.4, -0.2) is 22.2 Å². The zero-order chi connectivity index (χ0) is 8.55. The molecule has 2 aliphatic carbocycles. The van der Waals surface area contributed by atoms with Gasteiger partial charge in [0.2, 0.25) is 0 Å². The van der Waals surface area contributed by atoms with Gasteiger partial charge in [0.05, 0.1) is 6.61 Å². The van der Waals surface area contributed by atoms with Gasteiger partial charge >= 0.3 is 0 Å². The van der Waals surface area contributed by atoms with E-state index in [9.17, 15) is 0 Å². The van der Waals surface area contributed by atoms with Crippen LogP contribution in [0.2, 0.25) is 0 Å². The molecule has 0 amide bonds. The van der Waals surface area contributed by atoms with Crippen LogP contribution in [-0.2, 0) is 0 Å². The number of aliphatic hydroxyl groups is 1. The lowest BCUT2D eigenvalue weighted by Crippen LogP contribution is -2.17. The lowest BCUT2D eigenvalue weighted by atomic mass is 10.0. The Hall–Kier alpha value is 0.310. The van der Waals surface area contributed by atoms with Crippen LogP contribution in [0.1, 0.15) is 32.6 Å². The van der Waals surface area contributed by atoms with E-state index in [1.165, 1.54) is 25.7 Å². The van der Waals surface area contributed by atoms with Gasteiger partial charge in [0.1, 0.15) is 0 Å². The Kier molecular flexibility index (Phi) is 2.66. The van der Waals surface area contributed by atoms with Gasteiger partial charge in [0.25, 0.3) is 0 Å². The zero-order valence-electron chi connectivity index (χ0n) is 7.70. The molecule has 0 spiro atoms. The molecule has 0 aromatic heterocycles. The van der Waals surface area contributed by atoms with Crippen LogP contribution in [0.15, 0.2) is 0 Å². The maximum absolute atomic E-state index is 8.94. The summed E-state index contributed by atoms with van der Waals surface area (Å²) in [7, 11) is 0. The first-order valence-electron chi connectivity index (χ1n) is 5.06. The van der Waals surface area contributed by atoms with E-state index in [2.05, 4.69) is 6.92 Å². The lowest BCUT2D eigenvalue weighted by molar-refractivity contribution is 0.299. The summed E-state index contributed by atoms with van der Waals surface area (Å²) in [5.41, 5.74) is 0. The van der Waals surface area contributed by atoms with Crippen molar-refractivity contribution in [2.75, 3.05) is 6.61 Å². The van der Waals surface area contributed by atoms with Gasteiger partial charge in [-0.3, -0.25) is 0 Å². The molecule has 2 aliphatic rings.